The molecule has 1 heterocycles. The van der Waals surface area contributed by atoms with Gasteiger partial charge in [0.1, 0.15) is 0 Å². The number of nitrogens with zero attached hydrogens (tertiary/aromatic N) is 1. The van der Waals surface area contributed by atoms with Crippen LogP contribution in [0.25, 0.3) is 0 Å². The molecule has 0 atom stereocenters. The second-order valence-corrected chi connectivity index (χ2v) is 10.0. The number of hydrogen-bond acceptors (Lipinski definition) is 3. The Balaban J connectivity index is 1.50. The quantitative estimate of drug-likeness (QED) is 0.429. The summed E-state index contributed by atoms with van der Waals surface area (Å²) in [6.45, 7) is 4.37. The van der Waals surface area contributed by atoms with Crippen molar-refractivity contribution >= 4 is 23.4 Å². The minimum Gasteiger partial charge on any atom is -0.481 e. The summed E-state index contributed by atoms with van der Waals surface area (Å²) in [5.74, 6) is 0.284. The highest BCUT2D eigenvalue weighted by Crippen LogP contribution is 2.42. The zero-order chi connectivity index (χ0) is 22.4. The normalized spacial score (nSPS) is 13.6. The molecule has 3 aromatic carbocycles. The van der Waals surface area contributed by atoms with Crippen LogP contribution in [-0.2, 0) is 22.4 Å². The van der Waals surface area contributed by atoms with Gasteiger partial charge >= 0.3 is 5.97 Å². The van der Waals surface area contributed by atoms with Crippen molar-refractivity contribution in [3.63, 3.8) is 0 Å². The van der Waals surface area contributed by atoms with E-state index in [4.69, 9.17) is 5.11 Å². The summed E-state index contributed by atoms with van der Waals surface area (Å²) in [5.41, 5.74) is 6.48. The van der Waals surface area contributed by atoms with Gasteiger partial charge in [-0.1, -0.05) is 72.8 Å². The summed E-state index contributed by atoms with van der Waals surface area (Å²) in [6.07, 6.45) is 2.97. The van der Waals surface area contributed by atoms with Crippen LogP contribution in [0.2, 0.25) is 0 Å². The third-order valence-electron chi connectivity index (χ3n) is 6.45. The monoisotopic (exact) mass is 445 g/mol. The number of carboxylic acid groups (broad SMARTS) is 1. The molecule has 0 aromatic heterocycles. The van der Waals surface area contributed by atoms with Gasteiger partial charge in [0.15, 0.2) is 0 Å². The molecule has 3 aromatic rings. The molecule has 0 spiro atoms. The van der Waals surface area contributed by atoms with E-state index in [0.29, 0.717) is 6.42 Å². The average Bonchev–Trinajstić information content (AvgIpc) is 2.84. The number of rotatable bonds is 9. The van der Waals surface area contributed by atoms with Gasteiger partial charge in [-0.25, -0.2) is 0 Å². The van der Waals surface area contributed by atoms with Gasteiger partial charge in [0, 0.05) is 31.0 Å². The van der Waals surface area contributed by atoms with Crippen molar-refractivity contribution in [2.45, 2.75) is 37.4 Å². The minimum atomic E-state index is -0.729. The minimum absolute atomic E-state index is 0.107. The molecule has 0 fully saturated rings. The summed E-state index contributed by atoms with van der Waals surface area (Å²) < 4.78 is -0.107. The molecule has 32 heavy (non-hydrogen) atoms. The van der Waals surface area contributed by atoms with E-state index < -0.39 is 5.97 Å². The van der Waals surface area contributed by atoms with Gasteiger partial charge < -0.3 is 10.0 Å². The molecule has 1 N–H and O–H groups in total. The van der Waals surface area contributed by atoms with Crippen LogP contribution in [0.15, 0.2) is 78.9 Å². The van der Waals surface area contributed by atoms with E-state index in [1.54, 1.807) is 0 Å². The van der Waals surface area contributed by atoms with Gasteiger partial charge in [-0.15, -0.1) is 11.8 Å². The number of aryl methyl sites for hydroxylation is 1. The first-order valence-corrected chi connectivity index (χ1v) is 12.4. The lowest BCUT2D eigenvalue weighted by molar-refractivity contribution is -0.136. The Labute approximate surface area is 195 Å². The fourth-order valence-corrected chi connectivity index (χ4v) is 6.01. The highest BCUT2D eigenvalue weighted by atomic mass is 32.2. The molecule has 0 unspecified atom stereocenters. The molecule has 4 rings (SSSR count). The lowest BCUT2D eigenvalue weighted by Crippen LogP contribution is -2.33. The van der Waals surface area contributed by atoms with Crippen molar-refractivity contribution in [1.29, 1.82) is 0 Å². The lowest BCUT2D eigenvalue weighted by atomic mass is 9.92. The van der Waals surface area contributed by atoms with E-state index in [9.17, 15) is 4.79 Å². The lowest BCUT2D eigenvalue weighted by Gasteiger charge is -2.35. The Kier molecular flexibility index (Phi) is 7.21. The molecular formula is C28H31NO2S. The SMILES string of the molecule is CC(SCCN1CCCc2c(CCC(=O)O)cccc21)(c1ccccc1)c1ccccc1. The first-order chi connectivity index (χ1) is 15.6. The van der Waals surface area contributed by atoms with Crippen LogP contribution in [0, 0.1) is 0 Å². The molecule has 166 valence electrons. The van der Waals surface area contributed by atoms with Crippen LogP contribution >= 0.6 is 11.8 Å². The number of hydrogen-bond donors (Lipinski definition) is 1. The van der Waals surface area contributed by atoms with Gasteiger partial charge in [0.05, 0.1) is 4.75 Å². The largest absolute Gasteiger partial charge is 0.481 e. The zero-order valence-corrected chi connectivity index (χ0v) is 19.5. The Morgan fingerprint density at radius 2 is 1.62 bits per heavy atom. The number of carbonyl (C=O) groups is 1. The summed E-state index contributed by atoms with van der Waals surface area (Å²) in [5, 5.41) is 9.10. The molecule has 0 amide bonds. The van der Waals surface area contributed by atoms with Crippen LogP contribution in [0.4, 0.5) is 5.69 Å². The van der Waals surface area contributed by atoms with Gasteiger partial charge in [-0.2, -0.15) is 0 Å². The predicted octanol–water partition coefficient (Wildman–Crippen LogP) is 6.15. The Morgan fingerprint density at radius 3 is 2.25 bits per heavy atom. The van der Waals surface area contributed by atoms with E-state index in [1.165, 1.54) is 27.9 Å². The topological polar surface area (TPSA) is 40.5 Å². The first kappa shape index (κ1) is 22.5. The van der Waals surface area contributed by atoms with Gasteiger partial charge in [0.2, 0.25) is 0 Å². The number of thioether (sulfide) groups is 1. The fraction of sp³-hybridized carbons (Fsp3) is 0.321. The summed E-state index contributed by atoms with van der Waals surface area (Å²) in [6, 6.07) is 27.9. The number of aliphatic carboxylic acids is 1. The van der Waals surface area contributed by atoms with Crippen molar-refractivity contribution in [3.8, 4) is 0 Å². The molecule has 0 saturated carbocycles. The number of anilines is 1. The Morgan fingerprint density at radius 1 is 0.969 bits per heavy atom. The maximum Gasteiger partial charge on any atom is 0.303 e. The first-order valence-electron chi connectivity index (χ1n) is 11.4. The van der Waals surface area contributed by atoms with E-state index >= 15 is 0 Å². The predicted molar refractivity (Wildman–Crippen MR) is 135 cm³/mol. The number of benzene rings is 3. The van der Waals surface area contributed by atoms with Gasteiger partial charge in [0.25, 0.3) is 0 Å². The van der Waals surface area contributed by atoms with E-state index in [1.807, 2.05) is 11.8 Å². The highest BCUT2D eigenvalue weighted by molar-refractivity contribution is 8.00. The summed E-state index contributed by atoms with van der Waals surface area (Å²) >= 11 is 2.00. The molecule has 0 bridgehead atoms. The van der Waals surface area contributed by atoms with E-state index in [-0.39, 0.29) is 11.2 Å². The van der Waals surface area contributed by atoms with Crippen LogP contribution in [0.3, 0.4) is 0 Å². The van der Waals surface area contributed by atoms with Crippen molar-refractivity contribution in [2.24, 2.45) is 0 Å². The molecule has 0 aliphatic carbocycles. The maximum atomic E-state index is 11.1. The summed E-state index contributed by atoms with van der Waals surface area (Å²) in [7, 11) is 0. The van der Waals surface area contributed by atoms with Crippen molar-refractivity contribution in [2.75, 3.05) is 23.7 Å². The van der Waals surface area contributed by atoms with Crippen molar-refractivity contribution < 1.29 is 9.90 Å². The van der Waals surface area contributed by atoms with Crippen LogP contribution in [-0.4, -0.2) is 29.9 Å². The molecule has 3 nitrogen and oxygen atoms in total. The smallest absolute Gasteiger partial charge is 0.303 e. The highest BCUT2D eigenvalue weighted by Gasteiger charge is 2.29. The number of carboxylic acids is 1. The second-order valence-electron chi connectivity index (χ2n) is 8.51. The fourth-order valence-electron chi connectivity index (χ4n) is 4.69. The zero-order valence-electron chi connectivity index (χ0n) is 18.7. The van der Waals surface area contributed by atoms with E-state index in [2.05, 4.69) is 90.7 Å². The Hall–Kier alpha value is -2.72. The van der Waals surface area contributed by atoms with Gasteiger partial charge in [-0.05, 0) is 54.5 Å². The Bertz CT molecular complexity index is 996. The molecule has 1 aliphatic rings. The molecule has 1 aliphatic heterocycles. The standard InChI is InChI=1S/C28H31NO2S/c1-28(23-11-4-2-5-12-23,24-13-6-3-7-14-24)32-21-20-29-19-9-15-25-22(17-18-27(30)31)10-8-16-26(25)29/h2-8,10-14,16H,9,15,17-21H2,1H3,(H,30,31). The number of fused-ring (bicyclic) bond motifs is 1. The molecule has 0 saturated heterocycles. The molecular weight excluding hydrogens is 414 g/mol. The van der Waals surface area contributed by atoms with Crippen LogP contribution in [0.1, 0.15) is 42.0 Å². The van der Waals surface area contributed by atoms with Gasteiger partial charge in [-0.3, -0.25) is 4.79 Å². The molecule has 4 heteroatoms. The molecule has 0 radical (unpaired) electrons. The van der Waals surface area contributed by atoms with Crippen molar-refractivity contribution in [1.82, 2.24) is 0 Å². The van der Waals surface area contributed by atoms with Crippen LogP contribution < -0.4 is 4.90 Å². The summed E-state index contributed by atoms with van der Waals surface area (Å²) in [4.78, 5) is 13.6. The van der Waals surface area contributed by atoms with E-state index in [0.717, 1.165) is 31.7 Å². The third-order valence-corrected chi connectivity index (χ3v) is 7.89. The third kappa shape index (κ3) is 5.02. The van der Waals surface area contributed by atoms with Crippen molar-refractivity contribution in [3.05, 3.63) is 101 Å². The average molecular weight is 446 g/mol. The second kappa shape index (κ2) is 10.3. The van der Waals surface area contributed by atoms with Crippen LogP contribution in [0.5, 0.6) is 0 Å². The maximum absolute atomic E-state index is 11.1.